The predicted molar refractivity (Wildman–Crippen MR) is 116 cm³/mol. The molecular weight excluding hydrogens is 461 g/mol. The van der Waals surface area contributed by atoms with Gasteiger partial charge in [-0.05, 0) is 47.3 Å². The normalized spacial score (nSPS) is 18.2. The van der Waals surface area contributed by atoms with E-state index >= 15 is 0 Å². The fraction of sp³-hybridized carbons (Fsp3) is 0.381. The lowest BCUT2D eigenvalue weighted by Crippen LogP contribution is -2.64. The number of rotatable bonds is 3. The average molecular weight is 481 g/mol. The average Bonchev–Trinajstić information content (AvgIpc) is 3.41. The molecule has 2 saturated heterocycles. The van der Waals surface area contributed by atoms with E-state index in [1.807, 2.05) is 4.90 Å². The Balaban J connectivity index is 1.17. The van der Waals surface area contributed by atoms with Crippen molar-refractivity contribution in [3.63, 3.8) is 0 Å². The first-order valence-electron chi connectivity index (χ1n) is 10.1. The van der Waals surface area contributed by atoms with Crippen molar-refractivity contribution in [1.29, 1.82) is 0 Å². The lowest BCUT2D eigenvalue weighted by atomic mass is 10.1. The standard InChI is InChI=1S/C21H19F3N4O2S2/c22-21(23,24)14-1-2-16-13(9-14)10-18(31-16)20(30)27-7-5-26(6-8-27)15-11-28(12-15)19(29)17-3-4-25-32-17/h1-4,9-10,15H,5-8,11-12H2. The third-order valence-corrected chi connectivity index (χ3v) is 7.81. The Bertz CT molecular complexity index is 1150. The van der Waals surface area contributed by atoms with Gasteiger partial charge in [0.05, 0.1) is 10.4 Å². The van der Waals surface area contributed by atoms with Crippen LogP contribution in [0.15, 0.2) is 36.5 Å². The van der Waals surface area contributed by atoms with E-state index in [1.165, 1.54) is 28.9 Å². The van der Waals surface area contributed by atoms with Crippen molar-refractivity contribution in [3.8, 4) is 0 Å². The van der Waals surface area contributed by atoms with Crippen LogP contribution in [0.3, 0.4) is 0 Å². The Kier molecular flexibility index (Phi) is 5.42. The van der Waals surface area contributed by atoms with Crippen LogP contribution in [0, 0.1) is 0 Å². The van der Waals surface area contributed by atoms with E-state index in [1.54, 1.807) is 23.2 Å². The fourth-order valence-corrected chi connectivity index (χ4v) is 5.68. The van der Waals surface area contributed by atoms with Gasteiger partial charge in [0.1, 0.15) is 4.88 Å². The molecule has 2 amide bonds. The molecule has 0 saturated carbocycles. The molecule has 1 aromatic carbocycles. The Morgan fingerprint density at radius 3 is 2.31 bits per heavy atom. The lowest BCUT2D eigenvalue weighted by molar-refractivity contribution is -0.137. The van der Waals surface area contributed by atoms with Gasteiger partial charge in [0.25, 0.3) is 11.8 Å². The highest BCUT2D eigenvalue weighted by Gasteiger charge is 2.37. The van der Waals surface area contributed by atoms with Crippen LogP contribution in [0.2, 0.25) is 0 Å². The minimum Gasteiger partial charge on any atom is -0.335 e. The highest BCUT2D eigenvalue weighted by Crippen LogP contribution is 2.34. The predicted octanol–water partition coefficient (Wildman–Crippen LogP) is 3.66. The van der Waals surface area contributed by atoms with Crippen molar-refractivity contribution in [2.24, 2.45) is 0 Å². The van der Waals surface area contributed by atoms with Gasteiger partial charge >= 0.3 is 6.18 Å². The molecule has 0 atom stereocenters. The van der Waals surface area contributed by atoms with Crippen LogP contribution in [0.25, 0.3) is 10.1 Å². The summed E-state index contributed by atoms with van der Waals surface area (Å²) in [7, 11) is 0. The zero-order valence-corrected chi connectivity index (χ0v) is 18.5. The van der Waals surface area contributed by atoms with Crippen LogP contribution < -0.4 is 0 Å². The third kappa shape index (κ3) is 4.00. The van der Waals surface area contributed by atoms with Gasteiger partial charge in [0, 0.05) is 56.2 Å². The Labute approximate surface area is 190 Å². The Hall–Kier alpha value is -2.50. The molecule has 0 spiro atoms. The van der Waals surface area contributed by atoms with Crippen LogP contribution in [-0.2, 0) is 6.18 Å². The molecule has 2 fully saturated rings. The summed E-state index contributed by atoms with van der Waals surface area (Å²) in [6.07, 6.45) is -2.78. The SMILES string of the molecule is O=C(c1ccns1)N1CC(N2CCN(C(=O)c3cc4cc(C(F)(F)F)ccc4s3)CC2)C1. The summed E-state index contributed by atoms with van der Waals surface area (Å²) < 4.78 is 43.5. The number of carbonyl (C=O) groups excluding carboxylic acids is 2. The van der Waals surface area contributed by atoms with Crippen LogP contribution in [0.4, 0.5) is 13.2 Å². The quantitative estimate of drug-likeness (QED) is 0.574. The molecule has 32 heavy (non-hydrogen) atoms. The first kappa shape index (κ1) is 21.4. The monoisotopic (exact) mass is 480 g/mol. The molecule has 0 radical (unpaired) electrons. The van der Waals surface area contributed by atoms with Crippen LogP contribution in [0.1, 0.15) is 24.9 Å². The maximum Gasteiger partial charge on any atom is 0.416 e. The minimum atomic E-state index is -4.40. The van der Waals surface area contributed by atoms with E-state index in [-0.39, 0.29) is 17.9 Å². The zero-order valence-electron chi connectivity index (χ0n) is 16.8. The summed E-state index contributed by atoms with van der Waals surface area (Å²) in [4.78, 5) is 32.2. The number of amides is 2. The molecule has 0 aliphatic carbocycles. The molecule has 0 bridgehead atoms. The van der Waals surface area contributed by atoms with Crippen LogP contribution in [0.5, 0.6) is 0 Å². The van der Waals surface area contributed by atoms with E-state index in [9.17, 15) is 22.8 Å². The molecular formula is C21H19F3N4O2S2. The van der Waals surface area contributed by atoms with Gasteiger partial charge < -0.3 is 9.80 Å². The number of aromatic nitrogens is 1. The second-order valence-electron chi connectivity index (χ2n) is 7.93. The molecule has 2 aliphatic heterocycles. The number of nitrogens with zero attached hydrogens (tertiary/aromatic N) is 4. The summed E-state index contributed by atoms with van der Waals surface area (Å²) >= 11 is 2.42. The number of fused-ring (bicyclic) bond motifs is 1. The molecule has 11 heteroatoms. The number of thiophene rings is 1. The van der Waals surface area contributed by atoms with E-state index in [2.05, 4.69) is 9.27 Å². The highest BCUT2D eigenvalue weighted by molar-refractivity contribution is 7.20. The molecule has 4 heterocycles. The van der Waals surface area contributed by atoms with E-state index in [0.717, 1.165) is 12.1 Å². The van der Waals surface area contributed by atoms with Crippen molar-refractivity contribution < 1.29 is 22.8 Å². The van der Waals surface area contributed by atoms with Crippen molar-refractivity contribution in [1.82, 2.24) is 19.1 Å². The molecule has 168 valence electrons. The first-order chi connectivity index (χ1) is 15.3. The molecule has 2 aromatic heterocycles. The zero-order chi connectivity index (χ0) is 22.5. The maximum atomic E-state index is 12.9. The number of carbonyl (C=O) groups is 2. The summed E-state index contributed by atoms with van der Waals surface area (Å²) in [6.45, 7) is 3.87. The number of piperazine rings is 1. The molecule has 6 nitrogen and oxygen atoms in total. The number of halogens is 3. The van der Waals surface area contributed by atoms with Crippen molar-refractivity contribution in [2.45, 2.75) is 12.2 Å². The number of hydrogen-bond acceptors (Lipinski definition) is 6. The largest absolute Gasteiger partial charge is 0.416 e. The number of likely N-dealkylation sites (tertiary alicyclic amines) is 1. The van der Waals surface area contributed by atoms with E-state index in [0.29, 0.717) is 59.1 Å². The summed E-state index contributed by atoms with van der Waals surface area (Å²) in [6, 6.07) is 7.13. The third-order valence-electron chi connectivity index (χ3n) is 5.97. The molecule has 3 aromatic rings. The van der Waals surface area contributed by atoms with E-state index < -0.39 is 11.7 Å². The van der Waals surface area contributed by atoms with Gasteiger partial charge in [-0.15, -0.1) is 11.3 Å². The smallest absolute Gasteiger partial charge is 0.335 e. The summed E-state index contributed by atoms with van der Waals surface area (Å²) in [5.41, 5.74) is -0.709. The van der Waals surface area contributed by atoms with Gasteiger partial charge in [-0.2, -0.15) is 13.2 Å². The van der Waals surface area contributed by atoms with Gasteiger partial charge in [-0.1, -0.05) is 0 Å². The minimum absolute atomic E-state index is 0.0102. The maximum absolute atomic E-state index is 12.9. The number of benzene rings is 1. The lowest BCUT2D eigenvalue weighted by Gasteiger charge is -2.47. The highest BCUT2D eigenvalue weighted by atomic mass is 32.1. The fourth-order valence-electron chi connectivity index (χ4n) is 4.11. The number of hydrogen-bond donors (Lipinski definition) is 0. The molecule has 5 rings (SSSR count). The van der Waals surface area contributed by atoms with Gasteiger partial charge in [0.2, 0.25) is 0 Å². The summed E-state index contributed by atoms with van der Waals surface area (Å²) in [5.74, 6) is -0.133. The topological polar surface area (TPSA) is 56.8 Å². The van der Waals surface area contributed by atoms with Crippen molar-refractivity contribution in [2.75, 3.05) is 39.3 Å². The molecule has 0 unspecified atom stereocenters. The Morgan fingerprint density at radius 1 is 0.938 bits per heavy atom. The second-order valence-corrected chi connectivity index (χ2v) is 9.85. The number of alkyl halides is 3. The van der Waals surface area contributed by atoms with Gasteiger partial charge in [-0.3, -0.25) is 14.5 Å². The van der Waals surface area contributed by atoms with Crippen LogP contribution >= 0.6 is 22.9 Å². The van der Waals surface area contributed by atoms with Crippen molar-refractivity contribution in [3.05, 3.63) is 51.8 Å². The van der Waals surface area contributed by atoms with E-state index in [4.69, 9.17) is 0 Å². The summed E-state index contributed by atoms with van der Waals surface area (Å²) in [5, 5.41) is 0.437. The first-order valence-corrected chi connectivity index (χ1v) is 11.7. The second kappa shape index (κ2) is 8.13. The van der Waals surface area contributed by atoms with Crippen LogP contribution in [-0.4, -0.2) is 76.2 Å². The Morgan fingerprint density at radius 2 is 1.66 bits per heavy atom. The van der Waals surface area contributed by atoms with Gasteiger partial charge in [-0.25, -0.2) is 4.37 Å². The molecule has 2 aliphatic rings. The van der Waals surface area contributed by atoms with Gasteiger partial charge in [0.15, 0.2) is 0 Å². The molecule has 0 N–H and O–H groups in total. The van der Waals surface area contributed by atoms with Crippen molar-refractivity contribution >= 4 is 44.8 Å².